The molecule has 2 heterocycles. The van der Waals surface area contributed by atoms with Crippen LogP contribution in [-0.2, 0) is 0 Å². The first-order valence-corrected chi connectivity index (χ1v) is 9.25. The molecule has 2 aromatic carbocycles. The molecule has 27 heavy (non-hydrogen) atoms. The van der Waals surface area contributed by atoms with Crippen LogP contribution in [0.1, 0.15) is 17.4 Å². The van der Waals surface area contributed by atoms with E-state index in [2.05, 4.69) is 15.6 Å². The molecule has 1 amide bonds. The summed E-state index contributed by atoms with van der Waals surface area (Å²) in [5, 5.41) is 8.34. The third-order valence-electron chi connectivity index (χ3n) is 3.78. The number of ether oxygens (including phenoxy) is 3. The van der Waals surface area contributed by atoms with Crippen LogP contribution in [0.3, 0.4) is 0 Å². The molecule has 3 aromatic rings. The quantitative estimate of drug-likeness (QED) is 0.662. The lowest BCUT2D eigenvalue weighted by Crippen LogP contribution is -2.12. The van der Waals surface area contributed by atoms with Gasteiger partial charge >= 0.3 is 0 Å². The SMILES string of the molecule is CCOc1ccc(Nc2nc(C(=O)Nc3ccc4c(c3)OCO4)cs2)cc1. The van der Waals surface area contributed by atoms with Crippen molar-refractivity contribution in [3.05, 3.63) is 53.5 Å². The van der Waals surface area contributed by atoms with E-state index in [4.69, 9.17) is 14.2 Å². The van der Waals surface area contributed by atoms with Gasteiger partial charge in [0.25, 0.3) is 5.91 Å². The minimum Gasteiger partial charge on any atom is -0.494 e. The summed E-state index contributed by atoms with van der Waals surface area (Å²) in [6.45, 7) is 2.76. The van der Waals surface area contributed by atoms with Crippen LogP contribution in [0.5, 0.6) is 17.2 Å². The zero-order chi connectivity index (χ0) is 18.6. The molecule has 7 nitrogen and oxygen atoms in total. The van der Waals surface area contributed by atoms with Crippen molar-refractivity contribution >= 4 is 33.8 Å². The Hall–Kier alpha value is -3.26. The second kappa shape index (κ2) is 7.55. The molecule has 2 N–H and O–H groups in total. The fraction of sp³-hybridized carbons (Fsp3) is 0.158. The highest BCUT2D eigenvalue weighted by Gasteiger charge is 2.16. The first kappa shape index (κ1) is 17.2. The number of aromatic nitrogens is 1. The molecule has 4 rings (SSSR count). The molecular weight excluding hydrogens is 366 g/mol. The number of benzene rings is 2. The zero-order valence-corrected chi connectivity index (χ0v) is 15.3. The molecule has 0 saturated carbocycles. The van der Waals surface area contributed by atoms with Gasteiger partial charge in [-0.2, -0.15) is 0 Å². The lowest BCUT2D eigenvalue weighted by Gasteiger charge is -2.06. The van der Waals surface area contributed by atoms with Crippen LogP contribution in [0.25, 0.3) is 0 Å². The molecule has 0 unspecified atom stereocenters. The van der Waals surface area contributed by atoms with Crippen molar-refractivity contribution in [3.63, 3.8) is 0 Å². The lowest BCUT2D eigenvalue weighted by atomic mass is 10.2. The highest BCUT2D eigenvalue weighted by molar-refractivity contribution is 7.14. The first-order chi connectivity index (χ1) is 13.2. The largest absolute Gasteiger partial charge is 0.494 e. The Labute approximate surface area is 159 Å². The minimum atomic E-state index is -0.287. The fourth-order valence-electron chi connectivity index (χ4n) is 2.53. The molecule has 0 saturated heterocycles. The molecule has 0 aliphatic carbocycles. The number of hydrogen-bond donors (Lipinski definition) is 2. The van der Waals surface area contributed by atoms with Crippen LogP contribution in [0, 0.1) is 0 Å². The third kappa shape index (κ3) is 3.95. The van der Waals surface area contributed by atoms with E-state index in [0.717, 1.165) is 11.4 Å². The second-order valence-electron chi connectivity index (χ2n) is 5.64. The van der Waals surface area contributed by atoms with Gasteiger partial charge in [0.2, 0.25) is 6.79 Å². The summed E-state index contributed by atoms with van der Waals surface area (Å²) < 4.78 is 16.0. The van der Waals surface area contributed by atoms with E-state index in [1.807, 2.05) is 31.2 Å². The summed E-state index contributed by atoms with van der Waals surface area (Å²) in [4.78, 5) is 16.8. The average Bonchev–Trinajstić information content (AvgIpc) is 3.32. The summed E-state index contributed by atoms with van der Waals surface area (Å²) >= 11 is 1.36. The van der Waals surface area contributed by atoms with E-state index in [0.29, 0.717) is 34.6 Å². The van der Waals surface area contributed by atoms with Crippen molar-refractivity contribution in [3.8, 4) is 17.2 Å². The van der Waals surface area contributed by atoms with Crippen LogP contribution in [0.2, 0.25) is 0 Å². The van der Waals surface area contributed by atoms with Crippen molar-refractivity contribution in [2.45, 2.75) is 6.92 Å². The van der Waals surface area contributed by atoms with Crippen LogP contribution >= 0.6 is 11.3 Å². The van der Waals surface area contributed by atoms with Gasteiger partial charge in [-0.05, 0) is 43.3 Å². The van der Waals surface area contributed by atoms with Gasteiger partial charge in [0.05, 0.1) is 6.61 Å². The molecule has 0 radical (unpaired) electrons. The summed E-state index contributed by atoms with van der Waals surface area (Å²) in [5.41, 5.74) is 1.83. The Kier molecular flexibility index (Phi) is 4.80. The molecule has 0 fully saturated rings. The summed E-state index contributed by atoms with van der Waals surface area (Å²) in [7, 11) is 0. The Morgan fingerprint density at radius 2 is 1.93 bits per heavy atom. The van der Waals surface area contributed by atoms with Crippen molar-refractivity contribution in [1.82, 2.24) is 4.98 Å². The normalized spacial score (nSPS) is 11.9. The van der Waals surface area contributed by atoms with E-state index in [1.54, 1.807) is 23.6 Å². The summed E-state index contributed by atoms with van der Waals surface area (Å²) in [5.74, 6) is 1.81. The number of nitrogens with zero attached hydrogens (tertiary/aromatic N) is 1. The van der Waals surface area contributed by atoms with Gasteiger partial charge in [0, 0.05) is 22.8 Å². The number of hydrogen-bond acceptors (Lipinski definition) is 7. The van der Waals surface area contributed by atoms with Gasteiger partial charge in [-0.3, -0.25) is 4.79 Å². The smallest absolute Gasteiger partial charge is 0.275 e. The van der Waals surface area contributed by atoms with E-state index in [1.165, 1.54) is 11.3 Å². The zero-order valence-electron chi connectivity index (χ0n) is 14.5. The molecule has 1 aromatic heterocycles. The molecule has 1 aliphatic rings. The van der Waals surface area contributed by atoms with E-state index < -0.39 is 0 Å². The lowest BCUT2D eigenvalue weighted by molar-refractivity contribution is 0.102. The van der Waals surface area contributed by atoms with Gasteiger partial charge in [-0.1, -0.05) is 0 Å². The monoisotopic (exact) mass is 383 g/mol. The Bertz CT molecular complexity index is 956. The number of fused-ring (bicyclic) bond motifs is 1. The molecule has 138 valence electrons. The van der Waals surface area contributed by atoms with E-state index in [-0.39, 0.29) is 12.7 Å². The van der Waals surface area contributed by atoms with Crippen molar-refractivity contribution in [2.24, 2.45) is 0 Å². The van der Waals surface area contributed by atoms with E-state index in [9.17, 15) is 4.79 Å². The van der Waals surface area contributed by atoms with Crippen molar-refractivity contribution < 1.29 is 19.0 Å². The number of thiazole rings is 1. The molecule has 0 bridgehead atoms. The van der Waals surface area contributed by atoms with Gasteiger partial charge in [0.15, 0.2) is 16.6 Å². The molecular formula is C19H17N3O4S. The number of amides is 1. The second-order valence-corrected chi connectivity index (χ2v) is 6.50. The maximum atomic E-state index is 12.4. The number of nitrogens with one attached hydrogen (secondary N) is 2. The van der Waals surface area contributed by atoms with Crippen LogP contribution < -0.4 is 24.8 Å². The molecule has 8 heteroatoms. The molecule has 1 aliphatic heterocycles. The summed E-state index contributed by atoms with van der Waals surface area (Å²) in [6.07, 6.45) is 0. The average molecular weight is 383 g/mol. The first-order valence-electron chi connectivity index (χ1n) is 8.37. The predicted octanol–water partition coefficient (Wildman–Crippen LogP) is 4.27. The maximum Gasteiger partial charge on any atom is 0.275 e. The highest BCUT2D eigenvalue weighted by atomic mass is 32.1. The predicted molar refractivity (Wildman–Crippen MR) is 104 cm³/mol. The van der Waals surface area contributed by atoms with Crippen molar-refractivity contribution in [1.29, 1.82) is 0 Å². The standard InChI is InChI=1S/C19H17N3O4S/c1-2-24-14-6-3-12(4-7-14)21-19-22-15(10-27-19)18(23)20-13-5-8-16-17(9-13)26-11-25-16/h3-10H,2,11H2,1H3,(H,20,23)(H,21,22). The number of rotatable bonds is 6. The molecule has 0 spiro atoms. The minimum absolute atomic E-state index is 0.194. The van der Waals surface area contributed by atoms with E-state index >= 15 is 0 Å². The Morgan fingerprint density at radius 3 is 2.74 bits per heavy atom. The Balaban J connectivity index is 1.40. The number of carbonyl (C=O) groups is 1. The number of carbonyl (C=O) groups excluding carboxylic acids is 1. The van der Waals surface area contributed by atoms with Crippen LogP contribution in [0.4, 0.5) is 16.5 Å². The molecule has 0 atom stereocenters. The maximum absolute atomic E-state index is 12.4. The number of anilines is 3. The van der Waals surface area contributed by atoms with Gasteiger partial charge in [0.1, 0.15) is 11.4 Å². The van der Waals surface area contributed by atoms with Crippen LogP contribution in [-0.4, -0.2) is 24.3 Å². The highest BCUT2D eigenvalue weighted by Crippen LogP contribution is 2.34. The third-order valence-corrected chi connectivity index (χ3v) is 4.54. The van der Waals surface area contributed by atoms with Crippen molar-refractivity contribution in [2.75, 3.05) is 24.0 Å². The van der Waals surface area contributed by atoms with Gasteiger partial charge in [-0.25, -0.2) is 4.98 Å². The van der Waals surface area contributed by atoms with Crippen LogP contribution in [0.15, 0.2) is 47.8 Å². The topological polar surface area (TPSA) is 81.7 Å². The Morgan fingerprint density at radius 1 is 1.15 bits per heavy atom. The summed E-state index contributed by atoms with van der Waals surface area (Å²) in [6, 6.07) is 12.8. The van der Waals surface area contributed by atoms with Gasteiger partial charge in [-0.15, -0.1) is 11.3 Å². The van der Waals surface area contributed by atoms with Gasteiger partial charge < -0.3 is 24.8 Å². The fourth-order valence-corrected chi connectivity index (χ4v) is 3.24.